The summed E-state index contributed by atoms with van der Waals surface area (Å²) in [5, 5.41) is 11.9. The van der Waals surface area contributed by atoms with Crippen LogP contribution in [0.3, 0.4) is 0 Å². The van der Waals surface area contributed by atoms with Crippen molar-refractivity contribution in [2.75, 3.05) is 18.5 Å². The summed E-state index contributed by atoms with van der Waals surface area (Å²) in [7, 11) is 0. The van der Waals surface area contributed by atoms with Crippen LogP contribution in [-0.2, 0) is 6.18 Å². The first-order valence-electron chi connectivity index (χ1n) is 6.68. The number of likely N-dealkylation sites (tertiary alicyclic amines) is 1. The van der Waals surface area contributed by atoms with Crippen molar-refractivity contribution in [1.82, 2.24) is 4.90 Å². The molecule has 0 spiro atoms. The molecular weight excluding hydrogens is 285 g/mol. The molecular formula is C14H17F3N2O2. The number of nitrogens with zero attached hydrogens (tertiary/aromatic N) is 1. The summed E-state index contributed by atoms with van der Waals surface area (Å²) < 4.78 is 37.3. The van der Waals surface area contributed by atoms with Crippen LogP contribution in [0.1, 0.15) is 18.9 Å². The van der Waals surface area contributed by atoms with E-state index in [2.05, 4.69) is 5.32 Å². The lowest BCUT2D eigenvalue weighted by molar-refractivity contribution is -0.137. The number of anilines is 1. The lowest BCUT2D eigenvalue weighted by Crippen LogP contribution is -2.42. The van der Waals surface area contributed by atoms with Crippen LogP contribution in [0, 0.1) is 5.92 Å². The highest BCUT2D eigenvalue weighted by Crippen LogP contribution is 2.30. The van der Waals surface area contributed by atoms with E-state index in [9.17, 15) is 23.1 Å². The van der Waals surface area contributed by atoms with Crippen molar-refractivity contribution in [2.45, 2.75) is 25.6 Å². The molecule has 2 N–H and O–H groups in total. The molecule has 0 aromatic heterocycles. The fourth-order valence-electron chi connectivity index (χ4n) is 2.48. The van der Waals surface area contributed by atoms with Crippen LogP contribution in [0.5, 0.6) is 0 Å². The first-order valence-corrected chi connectivity index (χ1v) is 6.68. The van der Waals surface area contributed by atoms with Crippen LogP contribution < -0.4 is 5.32 Å². The first kappa shape index (κ1) is 15.6. The SMILES string of the molecule is CC1CCN(C(=O)Nc2ccc(C(F)(F)F)cc2)C1CO. The Morgan fingerprint density at radius 2 is 2.00 bits per heavy atom. The summed E-state index contributed by atoms with van der Waals surface area (Å²) in [5.74, 6) is 0.202. The Balaban J connectivity index is 2.03. The molecule has 1 heterocycles. The largest absolute Gasteiger partial charge is 0.416 e. The van der Waals surface area contributed by atoms with E-state index in [1.165, 1.54) is 17.0 Å². The van der Waals surface area contributed by atoms with E-state index in [0.29, 0.717) is 12.2 Å². The summed E-state index contributed by atoms with van der Waals surface area (Å²) in [6.07, 6.45) is -3.60. The van der Waals surface area contributed by atoms with Gasteiger partial charge in [0, 0.05) is 12.2 Å². The smallest absolute Gasteiger partial charge is 0.394 e. The third kappa shape index (κ3) is 3.47. The van der Waals surface area contributed by atoms with Crippen LogP contribution in [0.15, 0.2) is 24.3 Å². The Bertz CT molecular complexity index is 502. The lowest BCUT2D eigenvalue weighted by atomic mass is 10.0. The molecule has 116 valence electrons. The minimum atomic E-state index is -4.39. The highest BCUT2D eigenvalue weighted by atomic mass is 19.4. The van der Waals surface area contributed by atoms with Crippen LogP contribution in [-0.4, -0.2) is 35.2 Å². The molecule has 2 amide bonds. The summed E-state index contributed by atoms with van der Waals surface area (Å²) in [4.78, 5) is 13.6. The molecule has 0 saturated carbocycles. The van der Waals surface area contributed by atoms with E-state index >= 15 is 0 Å². The molecule has 1 fully saturated rings. The first-order chi connectivity index (χ1) is 9.82. The van der Waals surface area contributed by atoms with E-state index in [0.717, 1.165) is 18.6 Å². The van der Waals surface area contributed by atoms with Gasteiger partial charge in [0.15, 0.2) is 0 Å². The number of carbonyl (C=O) groups excluding carboxylic acids is 1. The number of urea groups is 1. The number of rotatable bonds is 2. The molecule has 2 atom stereocenters. The lowest BCUT2D eigenvalue weighted by Gasteiger charge is -2.25. The number of halogens is 3. The van der Waals surface area contributed by atoms with Crippen molar-refractivity contribution < 1.29 is 23.1 Å². The average molecular weight is 302 g/mol. The summed E-state index contributed by atoms with van der Waals surface area (Å²) in [5.41, 5.74) is -0.465. The van der Waals surface area contributed by atoms with Crippen molar-refractivity contribution in [3.63, 3.8) is 0 Å². The van der Waals surface area contributed by atoms with Crippen molar-refractivity contribution in [3.8, 4) is 0 Å². The second kappa shape index (κ2) is 5.93. The van der Waals surface area contributed by atoms with Gasteiger partial charge in [0.05, 0.1) is 18.2 Å². The Hall–Kier alpha value is -1.76. The van der Waals surface area contributed by atoms with Gasteiger partial charge in [-0.1, -0.05) is 6.92 Å². The number of nitrogens with one attached hydrogen (secondary N) is 1. The van der Waals surface area contributed by atoms with Gasteiger partial charge >= 0.3 is 12.2 Å². The van der Waals surface area contributed by atoms with Gasteiger partial charge in [-0.25, -0.2) is 4.79 Å². The molecule has 0 bridgehead atoms. The number of benzene rings is 1. The molecule has 2 unspecified atom stereocenters. The fraction of sp³-hybridized carbons (Fsp3) is 0.500. The molecule has 1 aromatic rings. The maximum atomic E-state index is 12.4. The molecule has 7 heteroatoms. The number of carbonyl (C=O) groups is 1. The maximum Gasteiger partial charge on any atom is 0.416 e. The molecule has 1 aromatic carbocycles. The van der Waals surface area contributed by atoms with Gasteiger partial charge in [-0.3, -0.25) is 0 Å². The van der Waals surface area contributed by atoms with Gasteiger partial charge in [-0.05, 0) is 36.6 Å². The summed E-state index contributed by atoms with van der Waals surface area (Å²) >= 11 is 0. The number of aliphatic hydroxyl groups is 1. The van der Waals surface area contributed by atoms with Crippen LogP contribution in [0.4, 0.5) is 23.7 Å². The van der Waals surface area contributed by atoms with E-state index < -0.39 is 17.8 Å². The van der Waals surface area contributed by atoms with Gasteiger partial charge in [0.2, 0.25) is 0 Å². The van der Waals surface area contributed by atoms with Gasteiger partial charge in [0.1, 0.15) is 0 Å². The quantitative estimate of drug-likeness (QED) is 0.882. The highest BCUT2D eigenvalue weighted by Gasteiger charge is 2.34. The number of alkyl halides is 3. The third-order valence-electron chi connectivity index (χ3n) is 3.79. The molecule has 0 radical (unpaired) electrons. The number of hydrogen-bond donors (Lipinski definition) is 2. The molecule has 2 rings (SSSR count). The minimum absolute atomic E-state index is 0.123. The average Bonchev–Trinajstić information content (AvgIpc) is 2.79. The predicted molar refractivity (Wildman–Crippen MR) is 71.8 cm³/mol. The molecule has 1 saturated heterocycles. The molecule has 1 aliphatic rings. The van der Waals surface area contributed by atoms with Gasteiger partial charge in [-0.15, -0.1) is 0 Å². The van der Waals surface area contributed by atoms with Gasteiger partial charge in [-0.2, -0.15) is 13.2 Å². The Kier molecular flexibility index (Phi) is 4.41. The highest BCUT2D eigenvalue weighted by molar-refractivity contribution is 5.89. The zero-order valence-corrected chi connectivity index (χ0v) is 11.5. The Labute approximate surface area is 120 Å². The molecule has 1 aliphatic heterocycles. The van der Waals surface area contributed by atoms with E-state index in [1.807, 2.05) is 6.92 Å². The van der Waals surface area contributed by atoms with Crippen molar-refractivity contribution in [2.24, 2.45) is 5.92 Å². The summed E-state index contributed by atoms with van der Waals surface area (Å²) in [6, 6.07) is 3.62. The summed E-state index contributed by atoms with van der Waals surface area (Å²) in [6.45, 7) is 2.35. The maximum absolute atomic E-state index is 12.4. The molecule has 4 nitrogen and oxygen atoms in total. The monoisotopic (exact) mass is 302 g/mol. The normalized spacial score (nSPS) is 22.4. The van der Waals surface area contributed by atoms with E-state index in [1.54, 1.807) is 0 Å². The van der Waals surface area contributed by atoms with Crippen molar-refractivity contribution >= 4 is 11.7 Å². The predicted octanol–water partition coefficient (Wildman–Crippen LogP) is 2.94. The van der Waals surface area contributed by atoms with Crippen LogP contribution in [0.25, 0.3) is 0 Å². The second-order valence-electron chi connectivity index (χ2n) is 5.21. The Morgan fingerprint density at radius 3 is 2.52 bits per heavy atom. The zero-order chi connectivity index (χ0) is 15.6. The molecule has 21 heavy (non-hydrogen) atoms. The van der Waals surface area contributed by atoms with Crippen LogP contribution >= 0.6 is 0 Å². The van der Waals surface area contributed by atoms with E-state index in [-0.39, 0.29) is 18.6 Å². The third-order valence-corrected chi connectivity index (χ3v) is 3.79. The number of aliphatic hydroxyl groups excluding tert-OH is 1. The van der Waals surface area contributed by atoms with Crippen molar-refractivity contribution in [1.29, 1.82) is 0 Å². The van der Waals surface area contributed by atoms with Crippen LogP contribution in [0.2, 0.25) is 0 Å². The van der Waals surface area contributed by atoms with Crippen molar-refractivity contribution in [3.05, 3.63) is 29.8 Å². The zero-order valence-electron chi connectivity index (χ0n) is 11.5. The van der Waals surface area contributed by atoms with E-state index in [4.69, 9.17) is 0 Å². The van der Waals surface area contributed by atoms with Gasteiger partial charge < -0.3 is 15.3 Å². The fourth-order valence-corrected chi connectivity index (χ4v) is 2.48. The topological polar surface area (TPSA) is 52.6 Å². The Morgan fingerprint density at radius 1 is 1.38 bits per heavy atom. The number of hydrogen-bond acceptors (Lipinski definition) is 2. The standard InChI is InChI=1S/C14H17F3N2O2/c1-9-6-7-19(12(9)8-20)13(21)18-11-4-2-10(3-5-11)14(15,16)17/h2-5,9,12,20H,6-8H2,1H3,(H,18,21). The molecule has 0 aliphatic carbocycles. The van der Waals surface area contributed by atoms with Gasteiger partial charge in [0.25, 0.3) is 0 Å². The second-order valence-corrected chi connectivity index (χ2v) is 5.21. The minimum Gasteiger partial charge on any atom is -0.394 e. The number of amides is 2.